The van der Waals surface area contributed by atoms with Crippen molar-refractivity contribution in [2.24, 2.45) is 0 Å². The normalized spacial score (nSPS) is 6.00. The maximum Gasteiger partial charge on any atom is 0.622 e. The van der Waals surface area contributed by atoms with E-state index in [0.717, 1.165) is 0 Å². The molecule has 0 aliphatic carbocycles. The van der Waals surface area contributed by atoms with Crippen LogP contribution < -0.4 is 0 Å². The highest BCUT2D eigenvalue weighted by atomic mass is 28.2. The van der Waals surface area contributed by atoms with E-state index in [9.17, 15) is 0 Å². The first-order chi connectivity index (χ1) is 2.27. The molecular weight excluding hydrogens is 138 g/mol. The molecule has 0 saturated heterocycles. The largest absolute Gasteiger partial charge is 0.622 e. The maximum atomic E-state index is 7.73. The molecule has 0 bridgehead atoms. The molecule has 2 N–H and O–H groups in total. The first-order valence-electron chi connectivity index (χ1n) is 1.16. The van der Waals surface area contributed by atoms with E-state index < -0.39 is 7.32 Å². The fraction of sp³-hybridized carbons (Fsp3) is 0. The Morgan fingerprint density at radius 2 is 1.57 bits per heavy atom. The van der Waals surface area contributed by atoms with E-state index in [1.165, 1.54) is 0 Å². The van der Waals surface area contributed by atoms with E-state index in [-0.39, 0.29) is 40.4 Å². The van der Waals surface area contributed by atoms with Crippen molar-refractivity contribution >= 4 is 58.2 Å². The minimum Gasteiger partial charge on any atom is -0.437 e. The van der Waals surface area contributed by atoms with Gasteiger partial charge in [0.25, 0.3) is 0 Å². The van der Waals surface area contributed by atoms with E-state index >= 15 is 0 Å². The van der Waals surface area contributed by atoms with Crippen LogP contribution in [0.4, 0.5) is 0 Å². The summed E-state index contributed by atoms with van der Waals surface area (Å²) in [6.07, 6.45) is 0. The van der Waals surface area contributed by atoms with Gasteiger partial charge in [0.15, 0.2) is 17.4 Å². The van der Waals surface area contributed by atoms with E-state index in [1.807, 2.05) is 0 Å². The van der Waals surface area contributed by atoms with Crippen LogP contribution in [0.3, 0.4) is 0 Å². The van der Waals surface area contributed by atoms with Gasteiger partial charge in [-0.15, -0.1) is 0 Å². The molecule has 0 aromatic rings. The van der Waals surface area contributed by atoms with Crippen molar-refractivity contribution in [1.29, 1.82) is 0 Å². The van der Waals surface area contributed by atoms with Gasteiger partial charge < -0.3 is 14.4 Å². The van der Waals surface area contributed by atoms with Crippen LogP contribution in [0.15, 0.2) is 0 Å². The van der Waals surface area contributed by atoms with Crippen molar-refractivity contribution in [2.45, 2.75) is 0 Å². The van der Waals surface area contributed by atoms with E-state index in [0.29, 0.717) is 10.5 Å². The highest BCUT2D eigenvalue weighted by Gasteiger charge is 1.99. The first kappa shape index (κ1) is 15.8. The van der Waals surface area contributed by atoms with Crippen LogP contribution in [0, 0.1) is 0 Å². The third kappa shape index (κ3) is 18.6. The molecule has 0 rings (SSSR count). The van der Waals surface area contributed by atoms with Gasteiger partial charge in [-0.3, -0.25) is 0 Å². The molecule has 3 nitrogen and oxygen atoms in total. The Kier molecular flexibility index (Phi) is 23.6. The second-order valence-corrected chi connectivity index (χ2v) is 1.03. The standard InChI is InChI=1S/Al.BH5O3Si.Mg.5H/c;2-1(3)4-5;;;;;;/h;2-3H,5H3;;;;;;. The van der Waals surface area contributed by atoms with E-state index in [4.69, 9.17) is 10.0 Å². The van der Waals surface area contributed by atoms with Crippen molar-refractivity contribution in [2.75, 3.05) is 0 Å². The third-order valence-electron chi connectivity index (χ3n) is 0.211. The summed E-state index contributed by atoms with van der Waals surface area (Å²) >= 11 is 0. The molecule has 7 heavy (non-hydrogen) atoms. The molecule has 40 valence electrons. The lowest BCUT2D eigenvalue weighted by Crippen LogP contribution is -2.13. The molecule has 0 aliphatic heterocycles. The Morgan fingerprint density at radius 1 is 1.43 bits per heavy atom. The van der Waals surface area contributed by atoms with Crippen molar-refractivity contribution in [3.63, 3.8) is 0 Å². The monoisotopic (exact) mass is 148 g/mol. The number of hydrogen-bond donors (Lipinski definition) is 2. The van der Waals surface area contributed by atoms with Crippen LogP contribution in [0.5, 0.6) is 0 Å². The molecule has 0 aromatic carbocycles. The van der Waals surface area contributed by atoms with E-state index in [1.54, 1.807) is 0 Å². The maximum absolute atomic E-state index is 7.73. The van der Waals surface area contributed by atoms with Gasteiger partial charge in [0.05, 0.1) is 0 Å². The Hall–Kier alpha value is 1.46. The Labute approximate surface area is 72.4 Å². The quantitative estimate of drug-likeness (QED) is 0.367. The summed E-state index contributed by atoms with van der Waals surface area (Å²) in [5.74, 6) is 0. The summed E-state index contributed by atoms with van der Waals surface area (Å²) in [6.45, 7) is 0. The smallest absolute Gasteiger partial charge is 0.437 e. The summed E-state index contributed by atoms with van der Waals surface area (Å²) < 4.78 is 4.00. The second-order valence-electron chi connectivity index (χ2n) is 0.562. The summed E-state index contributed by atoms with van der Waals surface area (Å²) in [5.41, 5.74) is 0. The Morgan fingerprint density at radius 3 is 1.57 bits per heavy atom. The molecule has 0 fully saturated rings. The average Bonchev–Trinajstić information content (AvgIpc) is 1.38. The van der Waals surface area contributed by atoms with Crippen LogP contribution in [0.1, 0.15) is 0 Å². The predicted molar refractivity (Wildman–Crippen MR) is 39.7 cm³/mol. The summed E-state index contributed by atoms with van der Waals surface area (Å²) in [4.78, 5) is 0. The zero-order valence-electron chi connectivity index (χ0n) is 2.88. The molecule has 0 unspecified atom stereocenters. The predicted octanol–water partition coefficient (Wildman–Crippen LogP) is -4.85. The highest BCUT2D eigenvalue weighted by Crippen LogP contribution is 1.58. The summed E-state index contributed by atoms with van der Waals surface area (Å²) in [5, 5.41) is 15.5. The molecule has 0 amide bonds. The van der Waals surface area contributed by atoms with Crippen LogP contribution >= 0.6 is 0 Å². The molecule has 0 aromatic heterocycles. The van der Waals surface area contributed by atoms with E-state index in [2.05, 4.69) is 4.34 Å². The average molecular weight is 148 g/mol. The minimum atomic E-state index is -1.55. The van der Waals surface area contributed by atoms with Crippen LogP contribution in [-0.4, -0.2) is 68.3 Å². The van der Waals surface area contributed by atoms with Gasteiger partial charge in [-0.2, -0.15) is 0 Å². The molecule has 0 radical (unpaired) electrons. The summed E-state index contributed by atoms with van der Waals surface area (Å²) in [6, 6.07) is 0. The van der Waals surface area contributed by atoms with Crippen molar-refractivity contribution in [1.82, 2.24) is 0 Å². The molecule has 0 atom stereocenters. The zero-order chi connectivity index (χ0) is 4.28. The second kappa shape index (κ2) is 10.4. The molecular formula is H10AlBMgO3Si. The van der Waals surface area contributed by atoms with Gasteiger partial charge in [0.1, 0.15) is 10.5 Å². The van der Waals surface area contributed by atoms with Crippen LogP contribution in [-0.2, 0) is 4.34 Å². The highest BCUT2D eigenvalue weighted by molar-refractivity contribution is 6.38. The van der Waals surface area contributed by atoms with Crippen molar-refractivity contribution in [3.8, 4) is 0 Å². The Bertz CT molecular complexity index is 28.9. The van der Waals surface area contributed by atoms with Gasteiger partial charge in [-0.25, -0.2) is 0 Å². The van der Waals surface area contributed by atoms with Gasteiger partial charge in [-0.1, -0.05) is 0 Å². The molecule has 0 heterocycles. The number of hydrogen-bond acceptors (Lipinski definition) is 3. The van der Waals surface area contributed by atoms with Crippen molar-refractivity contribution in [3.05, 3.63) is 0 Å². The molecule has 0 saturated carbocycles. The fourth-order valence-corrected chi connectivity index (χ4v) is 0. The van der Waals surface area contributed by atoms with Crippen LogP contribution in [0.2, 0.25) is 0 Å². The SMILES string of the molecule is OB(O)O[SiH3].[AlH3].[MgH2]. The molecule has 0 aliphatic rings. The third-order valence-corrected chi connectivity index (χ3v) is 0.632. The molecule has 7 heteroatoms. The molecule has 0 spiro atoms. The lowest BCUT2D eigenvalue weighted by molar-refractivity contribution is 0.299. The lowest BCUT2D eigenvalue weighted by atomic mass is 10.3. The summed E-state index contributed by atoms with van der Waals surface area (Å²) in [7, 11) is -1.18. The van der Waals surface area contributed by atoms with Crippen LogP contribution in [0.25, 0.3) is 0 Å². The topological polar surface area (TPSA) is 49.7 Å². The lowest BCUT2D eigenvalue weighted by Gasteiger charge is -1.85. The fourth-order valence-electron chi connectivity index (χ4n) is 0. The van der Waals surface area contributed by atoms with Crippen molar-refractivity contribution < 1.29 is 14.4 Å². The van der Waals surface area contributed by atoms with Gasteiger partial charge >= 0.3 is 30.4 Å². The van der Waals surface area contributed by atoms with Gasteiger partial charge in [-0.05, 0) is 0 Å². The minimum absolute atomic E-state index is 0. The first-order valence-corrected chi connectivity index (χ1v) is 1.98. The number of rotatable bonds is 1. The van der Waals surface area contributed by atoms with Gasteiger partial charge in [0.2, 0.25) is 0 Å². The Balaban J connectivity index is -0.0000000800. The zero-order valence-corrected chi connectivity index (χ0v) is 4.88. The van der Waals surface area contributed by atoms with Gasteiger partial charge in [0, 0.05) is 0 Å².